The first-order chi connectivity index (χ1) is 29.9. The summed E-state index contributed by atoms with van der Waals surface area (Å²) in [6.45, 7) is 26.1. The summed E-state index contributed by atoms with van der Waals surface area (Å²) in [5, 5.41) is 5.20. The Morgan fingerprint density at radius 3 is 1.76 bits per heavy atom. The summed E-state index contributed by atoms with van der Waals surface area (Å²) in [4.78, 5) is 2.68. The van der Waals surface area contributed by atoms with Crippen LogP contribution in [-0.2, 0) is 21.7 Å². The van der Waals surface area contributed by atoms with Gasteiger partial charge in [-0.25, -0.2) is 0 Å². The Morgan fingerprint density at radius 1 is 0.476 bits per heavy atom. The minimum atomic E-state index is -0.273. The number of anilines is 2. The molecule has 7 aromatic carbocycles. The molecule has 3 aliphatic rings. The van der Waals surface area contributed by atoms with Crippen LogP contribution in [0.4, 0.5) is 11.4 Å². The van der Waals surface area contributed by atoms with Gasteiger partial charge >= 0.3 is 6.85 Å². The largest absolute Gasteiger partial charge is 0.375 e. The molecule has 63 heavy (non-hydrogen) atoms. The molecule has 4 heteroatoms. The lowest BCUT2D eigenvalue weighted by atomic mass is 9.40. The molecule has 3 nitrogen and oxygen atoms in total. The first-order valence-electron chi connectivity index (χ1n) is 23.0. The average molecular weight is 818 g/mol. The number of aromatic nitrogens is 2. The third-order valence-electron chi connectivity index (χ3n) is 14.9. The van der Waals surface area contributed by atoms with Crippen molar-refractivity contribution in [1.29, 1.82) is 0 Å². The van der Waals surface area contributed by atoms with Gasteiger partial charge in [0.25, 0.3) is 0 Å². The van der Waals surface area contributed by atoms with E-state index in [0.29, 0.717) is 0 Å². The normalized spacial score (nSPS) is 15.5. The first kappa shape index (κ1) is 38.4. The Kier molecular flexibility index (Phi) is 7.61. The number of nitrogens with zero attached hydrogens (tertiary/aromatic N) is 3. The predicted octanol–water partition coefficient (Wildman–Crippen LogP) is 14.9. The molecule has 0 amide bonds. The van der Waals surface area contributed by atoms with E-state index in [1.165, 1.54) is 116 Å². The van der Waals surface area contributed by atoms with E-state index in [4.69, 9.17) is 0 Å². The summed E-state index contributed by atoms with van der Waals surface area (Å²) in [5.41, 5.74) is 22.2. The summed E-state index contributed by atoms with van der Waals surface area (Å²) in [6, 6.07) is 53.9. The quantitative estimate of drug-likeness (QED) is 0.158. The molecule has 1 aliphatic carbocycles. The SMILES string of the molecule is CC(C)(C)c1ccc(N2C3=C(B4c5c(cc(C(C)(C)C)cc52)-c2cc5c6ccccc6n(-c6ccccc6)c5c5c6ccccc6n4c25)C(C)(C)c2ccc(C(C)(C)C)cc23)cc1. The lowest BCUT2D eigenvalue weighted by molar-refractivity contribution is 0.588. The molecule has 0 unspecified atom stereocenters. The van der Waals surface area contributed by atoms with Crippen LogP contribution in [0, 0.1) is 0 Å². The molecule has 0 fully saturated rings. The molecule has 0 saturated carbocycles. The molecule has 4 heterocycles. The van der Waals surface area contributed by atoms with Gasteiger partial charge in [-0.1, -0.05) is 161 Å². The van der Waals surface area contributed by atoms with Crippen molar-refractivity contribution in [2.45, 2.75) is 97.8 Å². The zero-order chi connectivity index (χ0) is 43.7. The van der Waals surface area contributed by atoms with Gasteiger partial charge in [0.05, 0.1) is 11.0 Å². The zero-order valence-electron chi connectivity index (χ0n) is 38.7. The van der Waals surface area contributed by atoms with Crippen LogP contribution < -0.4 is 10.4 Å². The van der Waals surface area contributed by atoms with Crippen molar-refractivity contribution in [2.75, 3.05) is 4.90 Å². The fourth-order valence-electron chi connectivity index (χ4n) is 11.7. The van der Waals surface area contributed by atoms with Crippen LogP contribution in [0.25, 0.3) is 66.1 Å². The smallest absolute Gasteiger partial charge is 0.329 e. The second-order valence-corrected chi connectivity index (χ2v) is 22.3. The van der Waals surface area contributed by atoms with Gasteiger partial charge < -0.3 is 13.9 Å². The van der Waals surface area contributed by atoms with Crippen molar-refractivity contribution in [3.05, 3.63) is 173 Å². The van der Waals surface area contributed by atoms with E-state index in [1.807, 2.05) is 0 Å². The fraction of sp³-hybridized carbons (Fsp3) is 0.254. The first-order valence-corrected chi connectivity index (χ1v) is 23.0. The van der Waals surface area contributed by atoms with E-state index in [9.17, 15) is 0 Å². The maximum absolute atomic E-state index is 2.78. The van der Waals surface area contributed by atoms with Gasteiger partial charge in [0.2, 0.25) is 0 Å². The van der Waals surface area contributed by atoms with Crippen LogP contribution >= 0.6 is 0 Å². The molecule has 2 aliphatic heterocycles. The Hall–Kier alpha value is -6.26. The van der Waals surface area contributed by atoms with Crippen molar-refractivity contribution in [1.82, 2.24) is 9.05 Å². The van der Waals surface area contributed by atoms with Crippen LogP contribution in [0.15, 0.2) is 145 Å². The van der Waals surface area contributed by atoms with Gasteiger partial charge in [0, 0.05) is 71.9 Å². The van der Waals surface area contributed by atoms with Crippen LogP contribution in [0.1, 0.15) is 104 Å². The van der Waals surface area contributed by atoms with Crippen LogP contribution in [0.3, 0.4) is 0 Å². The van der Waals surface area contributed by atoms with Crippen molar-refractivity contribution < 1.29 is 0 Å². The minimum Gasteiger partial charge on any atom is -0.375 e. The molecule has 0 saturated heterocycles. The Labute approximate surface area is 372 Å². The maximum Gasteiger partial charge on any atom is 0.329 e. The molecule has 310 valence electrons. The number of fused-ring (bicyclic) bond motifs is 12. The Bertz CT molecular complexity index is 3460. The highest BCUT2D eigenvalue weighted by atomic mass is 15.2. The zero-order valence-corrected chi connectivity index (χ0v) is 38.7. The molecule has 0 bridgehead atoms. The topological polar surface area (TPSA) is 13.1 Å². The molecular formula is C59H56BN3. The van der Waals surface area contributed by atoms with Crippen molar-refractivity contribution in [3.63, 3.8) is 0 Å². The van der Waals surface area contributed by atoms with E-state index in [-0.39, 0.29) is 28.5 Å². The molecule has 12 rings (SSSR count). The van der Waals surface area contributed by atoms with Gasteiger partial charge in [0.1, 0.15) is 0 Å². The highest BCUT2D eigenvalue weighted by Gasteiger charge is 2.53. The van der Waals surface area contributed by atoms with Crippen molar-refractivity contribution in [2.24, 2.45) is 0 Å². The van der Waals surface area contributed by atoms with Gasteiger partial charge in [-0.2, -0.15) is 0 Å². The van der Waals surface area contributed by atoms with Gasteiger partial charge in [-0.3, -0.25) is 0 Å². The average Bonchev–Trinajstić information content (AvgIpc) is 3.85. The molecular weight excluding hydrogens is 761 g/mol. The maximum atomic E-state index is 2.78. The molecule has 2 aromatic heterocycles. The second kappa shape index (κ2) is 12.5. The summed E-state index contributed by atoms with van der Waals surface area (Å²) < 4.78 is 5.31. The van der Waals surface area contributed by atoms with E-state index in [0.717, 1.165) is 0 Å². The summed E-state index contributed by atoms with van der Waals surface area (Å²) in [7, 11) is 0. The number of benzene rings is 7. The minimum absolute atomic E-state index is 0.00399. The number of allylic oxidation sites excluding steroid dienone is 1. The third kappa shape index (κ3) is 5.15. The molecule has 0 N–H and O–H groups in total. The number of rotatable bonds is 2. The predicted molar refractivity (Wildman–Crippen MR) is 271 cm³/mol. The van der Waals surface area contributed by atoms with E-state index in [1.54, 1.807) is 0 Å². The third-order valence-corrected chi connectivity index (χ3v) is 14.9. The highest BCUT2D eigenvalue weighted by Crippen LogP contribution is 2.58. The van der Waals surface area contributed by atoms with Gasteiger partial charge in [-0.15, -0.1) is 0 Å². The van der Waals surface area contributed by atoms with E-state index in [2.05, 4.69) is 230 Å². The monoisotopic (exact) mass is 817 g/mol. The molecule has 0 spiro atoms. The second-order valence-electron chi connectivity index (χ2n) is 22.3. The van der Waals surface area contributed by atoms with E-state index < -0.39 is 0 Å². The van der Waals surface area contributed by atoms with Crippen LogP contribution in [-0.4, -0.2) is 15.9 Å². The Balaban J connectivity index is 1.30. The lowest BCUT2D eigenvalue weighted by Gasteiger charge is -2.43. The number of hydrogen-bond donors (Lipinski definition) is 0. The fourth-order valence-corrected chi connectivity index (χ4v) is 11.7. The highest BCUT2D eigenvalue weighted by molar-refractivity contribution is 6.85. The standard InChI is InChI=1S/C59H56BN3/c1-56(2,3)35-25-28-39(29-26-35)62-49-33-37(58(7,8)9)32-42-44-34-43-40-21-15-17-23-47(40)61(38-19-13-12-14-20-38)52(43)50-41-22-16-18-24-48(41)63(53(44)50)60(51(42)49)55-54(62)45-31-36(57(4,5)6)27-30-46(45)59(55,10)11/h12-34H,1-11H3. The number of para-hydroxylation sites is 3. The summed E-state index contributed by atoms with van der Waals surface area (Å²) in [5.74, 6) is 0. The van der Waals surface area contributed by atoms with Crippen LogP contribution in [0.5, 0.6) is 0 Å². The van der Waals surface area contributed by atoms with Gasteiger partial charge in [0.15, 0.2) is 0 Å². The van der Waals surface area contributed by atoms with Crippen LogP contribution in [0.2, 0.25) is 0 Å². The Morgan fingerprint density at radius 2 is 1.08 bits per heavy atom. The molecule has 9 aromatic rings. The summed E-state index contributed by atoms with van der Waals surface area (Å²) >= 11 is 0. The van der Waals surface area contributed by atoms with Gasteiger partial charge in [-0.05, 0) is 110 Å². The van der Waals surface area contributed by atoms with Crippen molar-refractivity contribution >= 4 is 73.0 Å². The molecule has 0 atom stereocenters. The molecule has 0 radical (unpaired) electrons. The van der Waals surface area contributed by atoms with E-state index >= 15 is 0 Å². The van der Waals surface area contributed by atoms with Crippen molar-refractivity contribution in [3.8, 4) is 16.8 Å². The number of hydrogen-bond acceptors (Lipinski definition) is 1. The lowest BCUT2D eigenvalue weighted by Crippen LogP contribution is -2.52. The summed E-state index contributed by atoms with van der Waals surface area (Å²) in [6.07, 6.45) is 0.